The van der Waals surface area contributed by atoms with E-state index in [1.807, 2.05) is 0 Å². The molecule has 1 aromatic heterocycles. The summed E-state index contributed by atoms with van der Waals surface area (Å²) in [5.74, 6) is -1.62. The van der Waals surface area contributed by atoms with E-state index < -0.39 is 23.6 Å². The molecule has 1 atom stereocenters. The first-order valence-electron chi connectivity index (χ1n) is 5.55. The maximum atomic E-state index is 13.0. The van der Waals surface area contributed by atoms with Gasteiger partial charge in [0.1, 0.15) is 11.6 Å². The number of hydrogen-bond acceptors (Lipinski definition) is 3. The molecule has 0 radical (unpaired) electrons. The van der Waals surface area contributed by atoms with Gasteiger partial charge in [-0.05, 0) is 24.1 Å². The number of aromatic amines is 1. The number of hydrogen-bond donors (Lipinski definition) is 3. The van der Waals surface area contributed by atoms with Crippen LogP contribution in [0.4, 0.5) is 14.7 Å². The van der Waals surface area contributed by atoms with Gasteiger partial charge in [0.15, 0.2) is 0 Å². The average molecular weight is 303 g/mol. The first kappa shape index (κ1) is 16.1. The number of H-pyrrole nitrogens is 1. The summed E-state index contributed by atoms with van der Waals surface area (Å²) >= 11 is 0. The van der Waals surface area contributed by atoms with Crippen molar-refractivity contribution in [2.24, 2.45) is 5.73 Å². The number of anilines is 1. The second-order valence-electron chi connectivity index (χ2n) is 4.02. The maximum Gasteiger partial charge on any atom is 0.243 e. The Morgan fingerprint density at radius 3 is 2.55 bits per heavy atom. The van der Waals surface area contributed by atoms with E-state index >= 15 is 0 Å². The van der Waals surface area contributed by atoms with Crippen LogP contribution < -0.4 is 11.1 Å². The van der Waals surface area contributed by atoms with Gasteiger partial charge in [-0.25, -0.2) is 13.8 Å². The first-order valence-corrected chi connectivity index (χ1v) is 5.55. The summed E-state index contributed by atoms with van der Waals surface area (Å²) in [5, 5.41) is 2.45. The van der Waals surface area contributed by atoms with Gasteiger partial charge in [-0.2, -0.15) is 0 Å². The Balaban J connectivity index is 0.00000200. The Hall–Kier alpha value is -1.99. The summed E-state index contributed by atoms with van der Waals surface area (Å²) < 4.78 is 26.0. The van der Waals surface area contributed by atoms with E-state index in [0.717, 1.165) is 18.2 Å². The molecule has 0 aliphatic heterocycles. The minimum atomic E-state index is -0.925. The zero-order chi connectivity index (χ0) is 13.8. The predicted molar refractivity (Wildman–Crippen MR) is 72.5 cm³/mol. The molecule has 0 aliphatic rings. The molecule has 1 unspecified atom stereocenters. The molecule has 4 N–H and O–H groups in total. The Bertz CT molecular complexity index is 557. The van der Waals surface area contributed by atoms with Gasteiger partial charge in [-0.3, -0.25) is 10.1 Å². The largest absolute Gasteiger partial charge is 0.331 e. The molecule has 0 bridgehead atoms. The fourth-order valence-corrected chi connectivity index (χ4v) is 1.62. The minimum Gasteiger partial charge on any atom is -0.331 e. The summed E-state index contributed by atoms with van der Waals surface area (Å²) in [5.41, 5.74) is 5.99. The van der Waals surface area contributed by atoms with Crippen LogP contribution in [0, 0.1) is 11.6 Å². The predicted octanol–water partition coefficient (Wildman–Crippen LogP) is 1.62. The highest BCUT2D eigenvalue weighted by Crippen LogP contribution is 2.10. The number of nitrogens with zero attached hydrogens (tertiary/aromatic N) is 1. The van der Waals surface area contributed by atoms with Crippen molar-refractivity contribution in [1.82, 2.24) is 9.97 Å². The highest BCUT2D eigenvalue weighted by molar-refractivity contribution is 5.93. The molecule has 2 aromatic rings. The number of imidazole rings is 1. The van der Waals surface area contributed by atoms with Crippen molar-refractivity contribution >= 4 is 24.3 Å². The molecular weight excluding hydrogens is 290 g/mol. The molecule has 1 aromatic carbocycles. The third-order valence-corrected chi connectivity index (χ3v) is 2.45. The molecule has 108 valence electrons. The molecule has 1 heterocycles. The molecule has 0 spiro atoms. The van der Waals surface area contributed by atoms with Crippen molar-refractivity contribution in [1.29, 1.82) is 0 Å². The van der Waals surface area contributed by atoms with Gasteiger partial charge in [0.05, 0.1) is 6.04 Å². The van der Waals surface area contributed by atoms with Crippen molar-refractivity contribution in [2.75, 3.05) is 5.32 Å². The summed E-state index contributed by atoms with van der Waals surface area (Å²) in [7, 11) is 0. The zero-order valence-corrected chi connectivity index (χ0v) is 11.1. The highest BCUT2D eigenvalue weighted by atomic mass is 35.5. The van der Waals surface area contributed by atoms with Crippen LogP contribution in [0.25, 0.3) is 0 Å². The molecular formula is C12H13ClF2N4O. The number of nitrogens with one attached hydrogen (secondary N) is 2. The fraction of sp³-hybridized carbons (Fsp3) is 0.167. The fourth-order valence-electron chi connectivity index (χ4n) is 1.62. The lowest BCUT2D eigenvalue weighted by Crippen LogP contribution is -2.37. The van der Waals surface area contributed by atoms with Gasteiger partial charge >= 0.3 is 0 Å². The molecule has 8 heteroatoms. The first-order chi connectivity index (χ1) is 9.04. The number of amides is 1. The smallest absolute Gasteiger partial charge is 0.243 e. The topological polar surface area (TPSA) is 83.8 Å². The van der Waals surface area contributed by atoms with Gasteiger partial charge in [0.25, 0.3) is 0 Å². The summed E-state index contributed by atoms with van der Waals surface area (Å²) in [6.45, 7) is 0. The van der Waals surface area contributed by atoms with Gasteiger partial charge < -0.3 is 10.7 Å². The van der Waals surface area contributed by atoms with Crippen molar-refractivity contribution in [3.05, 3.63) is 47.8 Å². The second-order valence-corrected chi connectivity index (χ2v) is 4.02. The number of aromatic nitrogens is 2. The Morgan fingerprint density at radius 2 is 2.00 bits per heavy atom. The monoisotopic (exact) mass is 302 g/mol. The van der Waals surface area contributed by atoms with Gasteiger partial charge in [-0.1, -0.05) is 0 Å². The van der Waals surface area contributed by atoms with E-state index in [2.05, 4.69) is 15.3 Å². The van der Waals surface area contributed by atoms with E-state index in [1.54, 1.807) is 6.20 Å². The molecule has 0 fully saturated rings. The van der Waals surface area contributed by atoms with E-state index in [-0.39, 0.29) is 24.8 Å². The van der Waals surface area contributed by atoms with Crippen LogP contribution in [-0.4, -0.2) is 21.9 Å². The minimum absolute atomic E-state index is 0. The van der Waals surface area contributed by atoms with E-state index in [9.17, 15) is 13.6 Å². The molecule has 0 aliphatic carbocycles. The number of nitrogens with two attached hydrogens (primary N) is 1. The summed E-state index contributed by atoms with van der Waals surface area (Å²) in [6.07, 6.45) is 3.05. The summed E-state index contributed by atoms with van der Waals surface area (Å²) in [4.78, 5) is 18.2. The van der Waals surface area contributed by atoms with Crippen molar-refractivity contribution < 1.29 is 13.6 Å². The van der Waals surface area contributed by atoms with Gasteiger partial charge in [0, 0.05) is 18.5 Å². The van der Waals surface area contributed by atoms with Crippen LogP contribution in [0.1, 0.15) is 5.56 Å². The lowest BCUT2D eigenvalue weighted by Gasteiger charge is -2.11. The normalized spacial score (nSPS) is 11.6. The number of carbonyl (C=O) groups excluding carboxylic acids is 1. The van der Waals surface area contributed by atoms with Crippen LogP contribution in [0.2, 0.25) is 0 Å². The van der Waals surface area contributed by atoms with Crippen molar-refractivity contribution in [3.63, 3.8) is 0 Å². The van der Waals surface area contributed by atoms with Crippen LogP contribution in [0.15, 0.2) is 30.6 Å². The van der Waals surface area contributed by atoms with Gasteiger partial charge in [-0.15, -0.1) is 12.4 Å². The molecule has 20 heavy (non-hydrogen) atoms. The lowest BCUT2D eigenvalue weighted by molar-refractivity contribution is -0.117. The molecule has 1 amide bonds. The van der Waals surface area contributed by atoms with E-state index in [0.29, 0.717) is 5.56 Å². The van der Waals surface area contributed by atoms with Gasteiger partial charge in [0.2, 0.25) is 11.9 Å². The molecule has 0 saturated carbocycles. The highest BCUT2D eigenvalue weighted by Gasteiger charge is 2.16. The van der Waals surface area contributed by atoms with Crippen LogP contribution in [0.3, 0.4) is 0 Å². The number of halogens is 3. The van der Waals surface area contributed by atoms with E-state index in [4.69, 9.17) is 5.73 Å². The van der Waals surface area contributed by atoms with Crippen molar-refractivity contribution in [2.45, 2.75) is 12.5 Å². The quantitative estimate of drug-likeness (QED) is 0.802. The average Bonchev–Trinajstić information content (AvgIpc) is 2.80. The molecule has 5 nitrogen and oxygen atoms in total. The second kappa shape index (κ2) is 6.97. The van der Waals surface area contributed by atoms with E-state index in [1.165, 1.54) is 6.20 Å². The SMILES string of the molecule is Cl.NC(Cc1cc(F)cc(F)c1)C(=O)Nc1ncc[nH]1. The van der Waals surface area contributed by atoms with Crippen LogP contribution in [0.5, 0.6) is 0 Å². The molecule has 2 rings (SSSR count). The Labute approximate surface area is 120 Å². The standard InChI is InChI=1S/C12H12F2N4O.ClH/c13-8-3-7(4-9(14)6-8)5-10(15)11(19)18-12-16-1-2-17-12;/h1-4,6,10H,5,15H2,(H2,16,17,18,19);1H. The zero-order valence-electron chi connectivity index (χ0n) is 10.3. The van der Waals surface area contributed by atoms with Crippen LogP contribution >= 0.6 is 12.4 Å². The van der Waals surface area contributed by atoms with Crippen molar-refractivity contribution in [3.8, 4) is 0 Å². The van der Waals surface area contributed by atoms with Crippen LogP contribution in [-0.2, 0) is 11.2 Å². The third-order valence-electron chi connectivity index (χ3n) is 2.45. The number of rotatable bonds is 4. The Kier molecular flexibility index (Phi) is 5.60. The Morgan fingerprint density at radius 1 is 1.35 bits per heavy atom. The number of benzene rings is 1. The molecule has 0 saturated heterocycles. The lowest BCUT2D eigenvalue weighted by atomic mass is 10.1. The maximum absolute atomic E-state index is 13.0. The summed E-state index contributed by atoms with van der Waals surface area (Å²) in [6, 6.07) is 2.12. The number of carbonyl (C=O) groups is 1. The third kappa shape index (κ3) is 4.29.